The van der Waals surface area contributed by atoms with Gasteiger partial charge in [-0.1, -0.05) is 0 Å². The van der Waals surface area contributed by atoms with E-state index in [0.29, 0.717) is 57.5 Å². The van der Waals surface area contributed by atoms with E-state index in [2.05, 4.69) is 21.8 Å². The lowest BCUT2D eigenvalue weighted by Gasteiger charge is -2.42. The molecule has 3 aliphatic heterocycles. The molecule has 0 saturated carbocycles. The first-order valence-corrected chi connectivity index (χ1v) is 13.0. The molecule has 2 saturated heterocycles. The van der Waals surface area contributed by atoms with Crippen LogP contribution in [0.15, 0.2) is 0 Å². The number of likely N-dealkylation sites (N-methyl/N-ethyl adjacent to an activating group) is 1. The first-order chi connectivity index (χ1) is 17.6. The van der Waals surface area contributed by atoms with Crippen LogP contribution in [-0.4, -0.2) is 120 Å². The summed E-state index contributed by atoms with van der Waals surface area (Å²) in [6.45, 7) is 9.52. The third kappa shape index (κ3) is 6.53. The van der Waals surface area contributed by atoms with Gasteiger partial charge in [-0.2, -0.15) is 9.97 Å². The Balaban J connectivity index is 1.58. The van der Waals surface area contributed by atoms with E-state index >= 15 is 0 Å². The molecule has 1 aromatic rings. The molecule has 2 amide bonds. The second-order valence-electron chi connectivity index (χ2n) is 11.0. The highest BCUT2D eigenvalue weighted by Crippen LogP contribution is 2.31. The van der Waals surface area contributed by atoms with Crippen LogP contribution in [-0.2, 0) is 22.4 Å². The van der Waals surface area contributed by atoms with Crippen LogP contribution < -0.4 is 9.64 Å². The first-order valence-electron chi connectivity index (χ1n) is 13.0. The summed E-state index contributed by atoms with van der Waals surface area (Å²) in [7, 11) is 3.70. The molecule has 0 aliphatic carbocycles. The number of rotatable bonds is 6. The van der Waals surface area contributed by atoms with E-state index in [1.165, 1.54) is 4.90 Å². The fourth-order valence-electron chi connectivity index (χ4n) is 5.18. The van der Waals surface area contributed by atoms with E-state index in [0.717, 1.165) is 30.8 Å². The summed E-state index contributed by atoms with van der Waals surface area (Å²) in [5, 5.41) is 9.55. The number of hydrogen-bond donors (Lipinski definition) is 1. The van der Waals surface area contributed by atoms with E-state index in [4.69, 9.17) is 19.2 Å². The number of ether oxygens (including phenoxy) is 3. The molecule has 1 aromatic heterocycles. The van der Waals surface area contributed by atoms with Crippen molar-refractivity contribution in [2.75, 3.05) is 65.0 Å². The number of piperazine rings is 1. The smallest absolute Gasteiger partial charge is 0.410 e. The molecule has 37 heavy (non-hydrogen) atoms. The summed E-state index contributed by atoms with van der Waals surface area (Å²) in [5.41, 5.74) is 1.02. The van der Waals surface area contributed by atoms with Gasteiger partial charge < -0.3 is 34.0 Å². The summed E-state index contributed by atoms with van der Waals surface area (Å²) in [6.07, 6.45) is 1.39. The topological polar surface area (TPSA) is 121 Å². The highest BCUT2D eigenvalue weighted by atomic mass is 16.6. The molecular weight excluding hydrogens is 480 g/mol. The number of methoxy groups -OCH3 is 1. The Bertz CT molecular complexity index is 985. The van der Waals surface area contributed by atoms with Crippen molar-refractivity contribution in [1.29, 1.82) is 0 Å². The summed E-state index contributed by atoms with van der Waals surface area (Å²) >= 11 is 0. The minimum absolute atomic E-state index is 0.194. The van der Waals surface area contributed by atoms with E-state index in [-0.39, 0.29) is 24.7 Å². The van der Waals surface area contributed by atoms with Gasteiger partial charge in [-0.15, -0.1) is 0 Å². The Kier molecular flexibility index (Phi) is 8.27. The fraction of sp³-hybridized carbons (Fsp3) is 0.760. The zero-order chi connectivity index (χ0) is 26.7. The van der Waals surface area contributed by atoms with Gasteiger partial charge >= 0.3 is 18.2 Å². The van der Waals surface area contributed by atoms with Gasteiger partial charge in [-0.25, -0.2) is 9.59 Å². The van der Waals surface area contributed by atoms with Gasteiger partial charge in [-0.05, 0) is 53.6 Å². The maximum Gasteiger partial charge on any atom is 0.410 e. The molecule has 0 radical (unpaired) electrons. The number of nitrogens with zero attached hydrogens (tertiary/aromatic N) is 6. The number of carbonyl (C=O) groups excluding carboxylic acids is 1. The number of amides is 2. The lowest BCUT2D eigenvalue weighted by Crippen LogP contribution is -2.58. The quantitative estimate of drug-likeness (QED) is 0.597. The summed E-state index contributed by atoms with van der Waals surface area (Å²) in [5.74, 6) is 0.745. The van der Waals surface area contributed by atoms with Crippen LogP contribution in [0, 0.1) is 0 Å². The number of fused-ring (bicyclic) bond motifs is 1. The SMILES string of the molecule is COCC1CN(c2nc(OCC3CCCN3C)nc3c2CCN(C(=O)O)C3)CCN1C(=O)OC(C)(C)C. The van der Waals surface area contributed by atoms with Crippen LogP contribution in [0.5, 0.6) is 6.01 Å². The van der Waals surface area contributed by atoms with Crippen molar-refractivity contribution in [3.05, 3.63) is 11.3 Å². The lowest BCUT2D eigenvalue weighted by atomic mass is 10.0. The van der Waals surface area contributed by atoms with Gasteiger partial charge in [0.2, 0.25) is 0 Å². The van der Waals surface area contributed by atoms with Crippen LogP contribution in [0.2, 0.25) is 0 Å². The van der Waals surface area contributed by atoms with Crippen molar-refractivity contribution in [1.82, 2.24) is 24.7 Å². The van der Waals surface area contributed by atoms with Crippen LogP contribution in [0.4, 0.5) is 15.4 Å². The molecule has 0 spiro atoms. The Morgan fingerprint density at radius 2 is 1.86 bits per heavy atom. The van der Waals surface area contributed by atoms with Gasteiger partial charge in [0.25, 0.3) is 0 Å². The minimum Gasteiger partial charge on any atom is -0.465 e. The van der Waals surface area contributed by atoms with E-state index < -0.39 is 11.7 Å². The Morgan fingerprint density at radius 1 is 1.08 bits per heavy atom. The van der Waals surface area contributed by atoms with Gasteiger partial charge in [0.05, 0.1) is 24.9 Å². The van der Waals surface area contributed by atoms with Crippen LogP contribution in [0.3, 0.4) is 0 Å². The van der Waals surface area contributed by atoms with Gasteiger partial charge in [-0.3, -0.25) is 4.90 Å². The molecule has 2 atom stereocenters. The second-order valence-corrected chi connectivity index (χ2v) is 11.0. The first kappa shape index (κ1) is 27.2. The lowest BCUT2D eigenvalue weighted by molar-refractivity contribution is 0.00334. The zero-order valence-corrected chi connectivity index (χ0v) is 22.6. The monoisotopic (exact) mass is 520 g/mol. The van der Waals surface area contributed by atoms with Crippen molar-refractivity contribution in [3.63, 3.8) is 0 Å². The molecular formula is C25H40N6O6. The predicted molar refractivity (Wildman–Crippen MR) is 136 cm³/mol. The third-order valence-electron chi connectivity index (χ3n) is 7.14. The number of likely N-dealkylation sites (tertiary alicyclic amines) is 1. The van der Waals surface area contributed by atoms with Crippen molar-refractivity contribution in [3.8, 4) is 6.01 Å². The molecule has 2 unspecified atom stereocenters. The molecule has 0 aromatic carbocycles. The van der Waals surface area contributed by atoms with Crippen molar-refractivity contribution in [2.45, 2.75) is 64.3 Å². The largest absolute Gasteiger partial charge is 0.465 e. The second kappa shape index (κ2) is 11.3. The number of carboxylic acid groups (broad SMARTS) is 1. The van der Waals surface area contributed by atoms with Crippen molar-refractivity contribution in [2.24, 2.45) is 0 Å². The summed E-state index contributed by atoms with van der Waals surface area (Å²) in [6, 6.07) is 0.344. The normalized spacial score (nSPS) is 22.7. The van der Waals surface area contributed by atoms with Crippen molar-refractivity contribution < 1.29 is 28.9 Å². The molecule has 1 N–H and O–H groups in total. The standard InChI is InChI=1S/C25H40N6O6/c1-25(2,3)37-24(34)31-12-11-29(13-18(31)15-35-5)21-19-8-10-30(23(32)33)14-20(19)26-22(27-21)36-16-17-7-6-9-28(17)4/h17-18H,6-16H2,1-5H3,(H,32,33). The predicted octanol–water partition coefficient (Wildman–Crippen LogP) is 2.06. The Morgan fingerprint density at radius 3 is 2.51 bits per heavy atom. The molecule has 0 bridgehead atoms. The average Bonchev–Trinajstić information content (AvgIpc) is 3.25. The maximum atomic E-state index is 12.9. The number of anilines is 1. The van der Waals surface area contributed by atoms with E-state index in [9.17, 15) is 14.7 Å². The molecule has 4 rings (SSSR count). The molecule has 3 aliphatic rings. The van der Waals surface area contributed by atoms with Crippen LogP contribution >= 0.6 is 0 Å². The van der Waals surface area contributed by atoms with Gasteiger partial charge in [0.1, 0.15) is 18.0 Å². The van der Waals surface area contributed by atoms with Crippen molar-refractivity contribution >= 4 is 18.0 Å². The summed E-state index contributed by atoms with van der Waals surface area (Å²) in [4.78, 5) is 41.5. The molecule has 4 heterocycles. The van der Waals surface area contributed by atoms with Crippen LogP contribution in [0.25, 0.3) is 0 Å². The molecule has 206 valence electrons. The Labute approximate surface area is 218 Å². The number of hydrogen-bond acceptors (Lipinski definition) is 9. The van der Waals surface area contributed by atoms with E-state index in [1.807, 2.05) is 20.8 Å². The fourth-order valence-corrected chi connectivity index (χ4v) is 5.18. The minimum atomic E-state index is -0.966. The molecule has 12 heteroatoms. The number of aromatic nitrogens is 2. The highest BCUT2D eigenvalue weighted by Gasteiger charge is 2.36. The van der Waals surface area contributed by atoms with Gasteiger partial charge in [0.15, 0.2) is 0 Å². The highest BCUT2D eigenvalue weighted by molar-refractivity contribution is 5.69. The van der Waals surface area contributed by atoms with E-state index in [1.54, 1.807) is 12.0 Å². The third-order valence-corrected chi connectivity index (χ3v) is 7.14. The van der Waals surface area contributed by atoms with Crippen LogP contribution in [0.1, 0.15) is 44.9 Å². The molecule has 12 nitrogen and oxygen atoms in total. The van der Waals surface area contributed by atoms with Gasteiger partial charge in [0, 0.05) is 44.9 Å². The average molecular weight is 521 g/mol. The zero-order valence-electron chi connectivity index (χ0n) is 22.6. The molecule has 2 fully saturated rings. The Hall–Kier alpha value is -2.86. The summed E-state index contributed by atoms with van der Waals surface area (Å²) < 4.78 is 17.2. The maximum absolute atomic E-state index is 12.9. The number of carbonyl (C=O) groups is 2.